The lowest BCUT2D eigenvalue weighted by Gasteiger charge is -2.07. The van der Waals surface area contributed by atoms with E-state index >= 15 is 0 Å². The first-order chi connectivity index (χ1) is 9.97. The van der Waals surface area contributed by atoms with Crippen LogP contribution in [0.5, 0.6) is 0 Å². The van der Waals surface area contributed by atoms with Gasteiger partial charge in [-0.2, -0.15) is 0 Å². The Morgan fingerprint density at radius 2 is 1.81 bits per heavy atom. The van der Waals surface area contributed by atoms with Gasteiger partial charge in [-0.15, -0.1) is 0 Å². The van der Waals surface area contributed by atoms with Gasteiger partial charge in [0, 0.05) is 11.6 Å². The van der Waals surface area contributed by atoms with Gasteiger partial charge in [0.1, 0.15) is 0 Å². The molecule has 0 aliphatic carbocycles. The molecule has 0 bridgehead atoms. The molecule has 0 saturated carbocycles. The molecule has 2 aromatic rings. The van der Waals surface area contributed by atoms with E-state index in [0.29, 0.717) is 11.6 Å². The smallest absolute Gasteiger partial charge is 0.211 e. The van der Waals surface area contributed by atoms with Crippen molar-refractivity contribution in [3.8, 4) is 0 Å². The molecule has 2 aromatic carbocycles. The number of rotatable bonds is 6. The first kappa shape index (κ1) is 16.0. The molecule has 0 radical (unpaired) electrons. The number of hydrogen-bond acceptors (Lipinski definition) is 2. The molecule has 5 heteroatoms. The Labute approximate surface area is 131 Å². The van der Waals surface area contributed by atoms with Crippen molar-refractivity contribution in [3.63, 3.8) is 0 Å². The Kier molecular flexibility index (Phi) is 5.39. The van der Waals surface area contributed by atoms with Gasteiger partial charge in [0.15, 0.2) is 0 Å². The molecular weight excluding hydrogens is 306 g/mol. The number of nitrogens with one attached hydrogen (secondary N) is 1. The van der Waals surface area contributed by atoms with Crippen LogP contribution in [0.25, 0.3) is 0 Å². The molecule has 0 aliphatic heterocycles. The second-order valence-electron chi connectivity index (χ2n) is 4.94. The van der Waals surface area contributed by atoms with Crippen LogP contribution < -0.4 is 4.72 Å². The van der Waals surface area contributed by atoms with Gasteiger partial charge >= 0.3 is 0 Å². The van der Waals surface area contributed by atoms with Gasteiger partial charge in [-0.05, 0) is 49.6 Å². The summed E-state index contributed by atoms with van der Waals surface area (Å²) in [5, 5.41) is 0.522. The molecule has 0 spiro atoms. The lowest BCUT2D eigenvalue weighted by atomic mass is 10.1. The Morgan fingerprint density at radius 1 is 1.10 bits per heavy atom. The maximum atomic E-state index is 12.1. The molecule has 0 aromatic heterocycles. The molecule has 0 aliphatic rings. The maximum Gasteiger partial charge on any atom is 0.240 e. The second kappa shape index (κ2) is 7.07. The summed E-state index contributed by atoms with van der Waals surface area (Å²) in [7, 11) is -3.45. The standard InChI is InChI=1S/C16H18ClNO2S/c1-13-4-2-5-14(12-13)6-3-11-18-21(19,20)16-9-7-15(17)8-10-16/h2,4-5,7-10,12,18H,3,6,11H2,1H3. The Morgan fingerprint density at radius 3 is 2.48 bits per heavy atom. The van der Waals surface area contributed by atoms with Gasteiger partial charge in [0.2, 0.25) is 10.0 Å². The zero-order valence-electron chi connectivity index (χ0n) is 11.8. The van der Waals surface area contributed by atoms with Crippen molar-refractivity contribution in [2.24, 2.45) is 0 Å². The fourth-order valence-electron chi connectivity index (χ4n) is 2.06. The Balaban J connectivity index is 1.86. The van der Waals surface area contributed by atoms with E-state index in [-0.39, 0.29) is 4.90 Å². The largest absolute Gasteiger partial charge is 0.240 e. The SMILES string of the molecule is Cc1cccc(CCCNS(=O)(=O)c2ccc(Cl)cc2)c1. The molecule has 0 atom stereocenters. The molecule has 0 unspecified atom stereocenters. The summed E-state index contributed by atoms with van der Waals surface area (Å²) >= 11 is 5.75. The minimum absolute atomic E-state index is 0.238. The zero-order valence-corrected chi connectivity index (χ0v) is 13.4. The van der Waals surface area contributed by atoms with Crippen molar-refractivity contribution in [2.75, 3.05) is 6.54 Å². The van der Waals surface area contributed by atoms with Crippen molar-refractivity contribution in [3.05, 3.63) is 64.7 Å². The van der Waals surface area contributed by atoms with Gasteiger partial charge in [-0.25, -0.2) is 13.1 Å². The van der Waals surface area contributed by atoms with Crippen LogP contribution in [-0.4, -0.2) is 15.0 Å². The van der Waals surface area contributed by atoms with Crippen molar-refractivity contribution in [1.82, 2.24) is 4.72 Å². The van der Waals surface area contributed by atoms with E-state index in [1.807, 2.05) is 19.1 Å². The van der Waals surface area contributed by atoms with E-state index < -0.39 is 10.0 Å². The Bertz CT molecular complexity index is 696. The molecule has 0 amide bonds. The van der Waals surface area contributed by atoms with E-state index in [2.05, 4.69) is 16.9 Å². The van der Waals surface area contributed by atoms with Crippen LogP contribution in [0.4, 0.5) is 0 Å². The average Bonchev–Trinajstić information content (AvgIpc) is 2.44. The van der Waals surface area contributed by atoms with Crippen LogP contribution >= 0.6 is 11.6 Å². The van der Waals surface area contributed by atoms with Gasteiger partial charge in [0.25, 0.3) is 0 Å². The molecule has 112 valence electrons. The van der Waals surface area contributed by atoms with Crippen molar-refractivity contribution < 1.29 is 8.42 Å². The topological polar surface area (TPSA) is 46.2 Å². The number of hydrogen-bond donors (Lipinski definition) is 1. The van der Waals surface area contributed by atoms with Gasteiger partial charge in [-0.1, -0.05) is 41.4 Å². The lowest BCUT2D eigenvalue weighted by Crippen LogP contribution is -2.25. The highest BCUT2D eigenvalue weighted by atomic mass is 35.5. The van der Waals surface area contributed by atoms with Crippen molar-refractivity contribution in [1.29, 1.82) is 0 Å². The van der Waals surface area contributed by atoms with Crippen LogP contribution in [0.3, 0.4) is 0 Å². The van der Waals surface area contributed by atoms with Crippen LogP contribution in [0.15, 0.2) is 53.4 Å². The molecular formula is C16H18ClNO2S. The third-order valence-corrected chi connectivity index (χ3v) is 4.87. The summed E-state index contributed by atoms with van der Waals surface area (Å²) in [4.78, 5) is 0.238. The second-order valence-corrected chi connectivity index (χ2v) is 7.15. The third-order valence-electron chi connectivity index (χ3n) is 3.14. The fourth-order valence-corrected chi connectivity index (χ4v) is 3.26. The first-order valence-electron chi connectivity index (χ1n) is 6.78. The summed E-state index contributed by atoms with van der Waals surface area (Å²) in [5.74, 6) is 0. The summed E-state index contributed by atoms with van der Waals surface area (Å²) < 4.78 is 26.7. The monoisotopic (exact) mass is 323 g/mol. The summed E-state index contributed by atoms with van der Waals surface area (Å²) in [6.07, 6.45) is 1.61. The normalized spacial score (nSPS) is 11.5. The van der Waals surface area contributed by atoms with E-state index in [0.717, 1.165) is 12.8 Å². The van der Waals surface area contributed by atoms with Crippen LogP contribution in [0.1, 0.15) is 17.5 Å². The van der Waals surface area contributed by atoms with Crippen LogP contribution in [0.2, 0.25) is 5.02 Å². The highest BCUT2D eigenvalue weighted by Crippen LogP contribution is 2.14. The van der Waals surface area contributed by atoms with E-state index in [4.69, 9.17) is 11.6 Å². The number of benzene rings is 2. The van der Waals surface area contributed by atoms with Crippen molar-refractivity contribution in [2.45, 2.75) is 24.7 Å². The van der Waals surface area contributed by atoms with E-state index in [9.17, 15) is 8.42 Å². The lowest BCUT2D eigenvalue weighted by molar-refractivity contribution is 0.579. The number of aryl methyl sites for hydroxylation is 2. The zero-order chi connectivity index (χ0) is 15.3. The number of halogens is 1. The van der Waals surface area contributed by atoms with Crippen LogP contribution in [-0.2, 0) is 16.4 Å². The van der Waals surface area contributed by atoms with E-state index in [1.54, 1.807) is 12.1 Å². The van der Waals surface area contributed by atoms with Gasteiger partial charge in [0.05, 0.1) is 4.90 Å². The molecule has 1 N–H and O–H groups in total. The molecule has 0 heterocycles. The quantitative estimate of drug-likeness (QED) is 0.826. The number of sulfonamides is 1. The molecule has 0 fully saturated rings. The average molecular weight is 324 g/mol. The van der Waals surface area contributed by atoms with Gasteiger partial charge < -0.3 is 0 Å². The molecule has 0 saturated heterocycles. The van der Waals surface area contributed by atoms with E-state index in [1.165, 1.54) is 23.3 Å². The third kappa shape index (κ3) is 4.84. The Hall–Kier alpha value is -1.36. The molecule has 2 rings (SSSR count). The van der Waals surface area contributed by atoms with Crippen LogP contribution in [0, 0.1) is 6.92 Å². The predicted octanol–water partition coefficient (Wildman–Crippen LogP) is 3.56. The fraction of sp³-hybridized carbons (Fsp3) is 0.250. The van der Waals surface area contributed by atoms with Crippen molar-refractivity contribution >= 4 is 21.6 Å². The predicted molar refractivity (Wildman–Crippen MR) is 86.1 cm³/mol. The summed E-state index contributed by atoms with van der Waals surface area (Å²) in [5.41, 5.74) is 2.44. The summed E-state index contributed by atoms with van der Waals surface area (Å²) in [6.45, 7) is 2.46. The molecule has 3 nitrogen and oxygen atoms in total. The minimum atomic E-state index is -3.45. The summed E-state index contributed by atoms with van der Waals surface area (Å²) in [6, 6.07) is 14.4. The minimum Gasteiger partial charge on any atom is -0.211 e. The maximum absolute atomic E-state index is 12.1. The highest BCUT2D eigenvalue weighted by Gasteiger charge is 2.12. The van der Waals surface area contributed by atoms with Gasteiger partial charge in [-0.3, -0.25) is 0 Å². The first-order valence-corrected chi connectivity index (χ1v) is 8.64. The highest BCUT2D eigenvalue weighted by molar-refractivity contribution is 7.89. The molecule has 21 heavy (non-hydrogen) atoms.